The summed E-state index contributed by atoms with van der Waals surface area (Å²) in [5, 5.41) is 12.1. The van der Waals surface area contributed by atoms with E-state index in [1.807, 2.05) is 30.3 Å². The first-order valence-corrected chi connectivity index (χ1v) is 9.50. The summed E-state index contributed by atoms with van der Waals surface area (Å²) in [6.45, 7) is 0. The molecular weight excluding hydrogens is 404 g/mol. The lowest BCUT2D eigenvalue weighted by molar-refractivity contribution is 0.323. The van der Waals surface area contributed by atoms with Crippen LogP contribution in [0.4, 0.5) is 0 Å². The summed E-state index contributed by atoms with van der Waals surface area (Å²) in [4.78, 5) is 0. The molecule has 0 unspecified atom stereocenters. The molecule has 30 heavy (non-hydrogen) atoms. The monoisotopic (exact) mass is 422 g/mol. The number of ether oxygens (including phenoxy) is 4. The highest BCUT2D eigenvalue weighted by molar-refractivity contribution is 6.36. The number of nitrogens with zero attached hydrogens (tertiary/aromatic N) is 1. The van der Waals surface area contributed by atoms with Gasteiger partial charge in [0.25, 0.3) is 0 Å². The molecule has 0 fully saturated rings. The molecule has 2 N–H and O–H groups in total. The van der Waals surface area contributed by atoms with E-state index in [9.17, 15) is 5.26 Å². The highest BCUT2D eigenvalue weighted by Gasteiger charge is 2.33. The van der Waals surface area contributed by atoms with Crippen molar-refractivity contribution in [3.8, 4) is 29.1 Å². The predicted molar refractivity (Wildman–Crippen MR) is 114 cm³/mol. The highest BCUT2D eigenvalue weighted by Crippen LogP contribution is 2.50. The Hall–Kier alpha value is -3.56. The van der Waals surface area contributed by atoms with E-state index in [1.54, 1.807) is 26.4 Å². The molecule has 0 saturated heterocycles. The van der Waals surface area contributed by atoms with Crippen molar-refractivity contribution in [1.29, 1.82) is 5.26 Å². The van der Waals surface area contributed by atoms with Gasteiger partial charge in [-0.3, -0.25) is 0 Å². The average Bonchev–Trinajstić information content (AvgIpc) is 2.78. The Balaban J connectivity index is 2.04. The van der Waals surface area contributed by atoms with Crippen LogP contribution in [0.3, 0.4) is 0 Å². The number of hydrogen-bond donors (Lipinski definition) is 1. The zero-order valence-corrected chi connectivity index (χ0v) is 17.4. The number of benzene rings is 3. The molecule has 4 rings (SSSR count). The third-order valence-corrected chi connectivity index (χ3v) is 5.50. The van der Waals surface area contributed by atoms with Crippen LogP contribution >= 0.6 is 11.6 Å². The van der Waals surface area contributed by atoms with Crippen LogP contribution in [0.25, 0.3) is 10.8 Å². The molecule has 1 aliphatic heterocycles. The summed E-state index contributed by atoms with van der Waals surface area (Å²) in [7, 11) is 4.62. The molecule has 1 heterocycles. The SMILES string of the molecule is COc1cc([C@H]2C(C#N)=C(N)Oc3c2cc(Cl)c2ccccc32)cc(OC)c1OC. The highest BCUT2D eigenvalue weighted by atomic mass is 35.5. The molecule has 7 heteroatoms. The van der Waals surface area contributed by atoms with Gasteiger partial charge in [0, 0.05) is 21.4 Å². The topological polar surface area (TPSA) is 86.7 Å². The number of halogens is 1. The minimum Gasteiger partial charge on any atom is -0.493 e. The molecule has 0 spiro atoms. The molecule has 3 aromatic carbocycles. The molecule has 0 aromatic heterocycles. The molecule has 0 amide bonds. The summed E-state index contributed by atoms with van der Waals surface area (Å²) < 4.78 is 22.3. The van der Waals surface area contributed by atoms with Gasteiger partial charge >= 0.3 is 0 Å². The van der Waals surface area contributed by atoms with Gasteiger partial charge in [-0.2, -0.15) is 5.26 Å². The van der Waals surface area contributed by atoms with Crippen molar-refractivity contribution in [3.05, 3.63) is 70.1 Å². The lowest BCUT2D eigenvalue weighted by atomic mass is 9.82. The van der Waals surface area contributed by atoms with Crippen LogP contribution in [0.15, 0.2) is 53.9 Å². The summed E-state index contributed by atoms with van der Waals surface area (Å²) in [5.74, 6) is 1.52. The fourth-order valence-corrected chi connectivity index (χ4v) is 4.13. The zero-order valence-electron chi connectivity index (χ0n) is 16.7. The average molecular weight is 423 g/mol. The Labute approximate surface area is 179 Å². The van der Waals surface area contributed by atoms with Crippen molar-refractivity contribution >= 4 is 22.4 Å². The number of hydrogen-bond acceptors (Lipinski definition) is 6. The normalized spacial score (nSPS) is 15.2. The number of nitrogens with two attached hydrogens (primary N) is 1. The maximum Gasteiger partial charge on any atom is 0.205 e. The Morgan fingerprint density at radius 3 is 2.20 bits per heavy atom. The van der Waals surface area contributed by atoms with Gasteiger partial charge in [0.2, 0.25) is 11.6 Å². The summed E-state index contributed by atoms with van der Waals surface area (Å²) in [5.41, 5.74) is 7.92. The molecule has 152 valence electrons. The van der Waals surface area contributed by atoms with Crippen LogP contribution in [0, 0.1) is 11.3 Å². The zero-order chi connectivity index (χ0) is 21.4. The number of methoxy groups -OCH3 is 3. The summed E-state index contributed by atoms with van der Waals surface area (Å²) in [6.07, 6.45) is 0. The second-order valence-corrected chi connectivity index (χ2v) is 7.11. The van der Waals surface area contributed by atoms with Crippen molar-refractivity contribution < 1.29 is 18.9 Å². The van der Waals surface area contributed by atoms with E-state index in [2.05, 4.69) is 6.07 Å². The van der Waals surface area contributed by atoms with Crippen LogP contribution in [-0.4, -0.2) is 21.3 Å². The van der Waals surface area contributed by atoms with E-state index >= 15 is 0 Å². The largest absolute Gasteiger partial charge is 0.493 e. The predicted octanol–water partition coefficient (Wildman–Crippen LogP) is 4.74. The van der Waals surface area contributed by atoms with Crippen molar-refractivity contribution in [2.24, 2.45) is 5.73 Å². The molecule has 0 bridgehead atoms. The lowest BCUT2D eigenvalue weighted by Crippen LogP contribution is -2.21. The van der Waals surface area contributed by atoms with E-state index in [1.165, 1.54) is 7.11 Å². The Bertz CT molecular complexity index is 1200. The molecule has 1 atom stereocenters. The van der Waals surface area contributed by atoms with Crippen molar-refractivity contribution in [1.82, 2.24) is 0 Å². The maximum absolute atomic E-state index is 9.87. The van der Waals surface area contributed by atoms with Crippen LogP contribution in [0.1, 0.15) is 17.0 Å². The van der Waals surface area contributed by atoms with E-state index in [0.29, 0.717) is 28.0 Å². The van der Waals surface area contributed by atoms with E-state index in [0.717, 1.165) is 21.9 Å². The maximum atomic E-state index is 9.87. The number of rotatable bonds is 4. The van der Waals surface area contributed by atoms with Gasteiger partial charge in [-0.05, 0) is 23.8 Å². The first kappa shape index (κ1) is 19.7. The number of allylic oxidation sites excluding steroid dienone is 1. The third kappa shape index (κ3) is 2.95. The lowest BCUT2D eigenvalue weighted by Gasteiger charge is -2.28. The van der Waals surface area contributed by atoms with Crippen LogP contribution in [0.2, 0.25) is 5.02 Å². The standard InChI is InChI=1S/C23H19ClN2O4/c1-27-18-8-12(9-19(28-2)22(18)29-3)20-15-10-17(24)13-6-4-5-7-14(13)21(15)30-23(26)16(20)11-25/h4-10,20H,26H2,1-3H3/t20-/m1/s1. The van der Waals surface area contributed by atoms with E-state index in [-0.39, 0.29) is 11.5 Å². The summed E-state index contributed by atoms with van der Waals surface area (Å²) in [6, 6.07) is 15.2. The van der Waals surface area contributed by atoms with E-state index in [4.69, 9.17) is 36.3 Å². The molecule has 3 aromatic rings. The third-order valence-electron chi connectivity index (χ3n) is 5.19. The fourth-order valence-electron chi connectivity index (χ4n) is 3.85. The molecule has 0 saturated carbocycles. The van der Waals surface area contributed by atoms with Gasteiger partial charge in [-0.1, -0.05) is 35.9 Å². The molecule has 0 aliphatic carbocycles. The minimum atomic E-state index is -0.519. The van der Waals surface area contributed by atoms with Gasteiger partial charge in [0.05, 0.1) is 27.2 Å². The van der Waals surface area contributed by atoms with Crippen LogP contribution in [0.5, 0.6) is 23.0 Å². The van der Waals surface area contributed by atoms with Gasteiger partial charge in [0.1, 0.15) is 17.4 Å². The first-order valence-electron chi connectivity index (χ1n) is 9.12. The van der Waals surface area contributed by atoms with Crippen molar-refractivity contribution in [2.45, 2.75) is 5.92 Å². The Morgan fingerprint density at radius 2 is 1.63 bits per heavy atom. The first-order chi connectivity index (χ1) is 14.5. The minimum absolute atomic E-state index is 0.0521. The van der Waals surface area contributed by atoms with Crippen LogP contribution in [-0.2, 0) is 0 Å². The molecule has 6 nitrogen and oxygen atoms in total. The van der Waals surface area contributed by atoms with Crippen molar-refractivity contribution in [3.63, 3.8) is 0 Å². The second-order valence-electron chi connectivity index (χ2n) is 6.71. The van der Waals surface area contributed by atoms with Gasteiger partial charge in [0.15, 0.2) is 11.5 Å². The number of fused-ring (bicyclic) bond motifs is 3. The quantitative estimate of drug-likeness (QED) is 0.653. The van der Waals surface area contributed by atoms with Gasteiger partial charge in [-0.25, -0.2) is 0 Å². The van der Waals surface area contributed by atoms with E-state index < -0.39 is 5.92 Å². The second kappa shape index (κ2) is 7.69. The van der Waals surface area contributed by atoms with Gasteiger partial charge < -0.3 is 24.7 Å². The molecular formula is C23H19ClN2O4. The Kier molecular flexibility index (Phi) is 5.06. The van der Waals surface area contributed by atoms with Crippen LogP contribution < -0.4 is 24.7 Å². The van der Waals surface area contributed by atoms with Crippen molar-refractivity contribution in [2.75, 3.05) is 21.3 Å². The van der Waals surface area contributed by atoms with Gasteiger partial charge in [-0.15, -0.1) is 0 Å². The fraction of sp³-hybridized carbons (Fsp3) is 0.174. The molecule has 0 radical (unpaired) electrons. The summed E-state index contributed by atoms with van der Waals surface area (Å²) >= 11 is 6.58. The Morgan fingerprint density at radius 1 is 1.00 bits per heavy atom. The number of nitriles is 1. The molecule has 1 aliphatic rings. The smallest absolute Gasteiger partial charge is 0.205 e.